The molecule has 2 N–H and O–H groups in total. The van der Waals surface area contributed by atoms with Gasteiger partial charge in [0.1, 0.15) is 12.1 Å². The van der Waals surface area contributed by atoms with Crippen LogP contribution >= 0.6 is 0 Å². The molecule has 1 unspecified atom stereocenters. The van der Waals surface area contributed by atoms with Gasteiger partial charge in [0, 0.05) is 17.8 Å². The van der Waals surface area contributed by atoms with Gasteiger partial charge in [-0.05, 0) is 13.8 Å². The van der Waals surface area contributed by atoms with E-state index >= 15 is 0 Å². The quantitative estimate of drug-likeness (QED) is 0.810. The fourth-order valence-corrected chi connectivity index (χ4v) is 1.60. The summed E-state index contributed by atoms with van der Waals surface area (Å²) in [7, 11) is 0. The summed E-state index contributed by atoms with van der Waals surface area (Å²) in [5, 5.41) is 15.8. The third-order valence-corrected chi connectivity index (χ3v) is 2.25. The lowest BCUT2D eigenvalue weighted by atomic mass is 10.2. The van der Waals surface area contributed by atoms with Gasteiger partial charge in [0.25, 0.3) is 5.78 Å². The van der Waals surface area contributed by atoms with Crippen molar-refractivity contribution in [3.8, 4) is 0 Å². The largest absolute Gasteiger partial charge is 0.481 e. The molecule has 0 saturated heterocycles. The van der Waals surface area contributed by atoms with Crippen LogP contribution in [0.4, 0.5) is 5.82 Å². The highest BCUT2D eigenvalue weighted by Gasteiger charge is 2.11. The number of aliphatic carboxylic acids is 1. The summed E-state index contributed by atoms with van der Waals surface area (Å²) in [4.78, 5) is 18.8. The van der Waals surface area contributed by atoms with Crippen LogP contribution in [0.15, 0.2) is 12.4 Å². The molecule has 17 heavy (non-hydrogen) atoms. The molecule has 2 aromatic rings. The van der Waals surface area contributed by atoms with Gasteiger partial charge in [-0.1, -0.05) is 0 Å². The number of aryl methyl sites for hydroxylation is 1. The highest BCUT2D eigenvalue weighted by Crippen LogP contribution is 2.12. The maximum Gasteiger partial charge on any atom is 0.305 e. The maximum atomic E-state index is 10.6. The minimum absolute atomic E-state index is 0.0392. The Morgan fingerprint density at radius 2 is 2.41 bits per heavy atom. The van der Waals surface area contributed by atoms with Crippen LogP contribution < -0.4 is 5.32 Å². The van der Waals surface area contributed by atoms with Gasteiger partial charge >= 0.3 is 5.97 Å². The lowest BCUT2D eigenvalue weighted by molar-refractivity contribution is -0.137. The molecule has 7 nitrogen and oxygen atoms in total. The van der Waals surface area contributed by atoms with Crippen molar-refractivity contribution in [1.29, 1.82) is 0 Å². The minimum atomic E-state index is -0.842. The molecule has 7 heteroatoms. The summed E-state index contributed by atoms with van der Waals surface area (Å²) in [5.74, 6) is 0.347. The highest BCUT2D eigenvalue weighted by molar-refractivity contribution is 5.68. The van der Waals surface area contributed by atoms with Crippen molar-refractivity contribution in [2.24, 2.45) is 0 Å². The monoisotopic (exact) mass is 235 g/mol. The molecule has 0 aliphatic rings. The number of carboxylic acid groups (broad SMARTS) is 1. The van der Waals surface area contributed by atoms with Gasteiger partial charge in [-0.3, -0.25) is 4.79 Å². The van der Waals surface area contributed by atoms with Crippen LogP contribution in [0.3, 0.4) is 0 Å². The first-order chi connectivity index (χ1) is 8.06. The predicted molar refractivity (Wildman–Crippen MR) is 60.9 cm³/mol. The van der Waals surface area contributed by atoms with Crippen molar-refractivity contribution in [1.82, 2.24) is 19.6 Å². The number of hydrogen-bond acceptors (Lipinski definition) is 5. The second-order valence-corrected chi connectivity index (χ2v) is 3.90. The number of rotatable bonds is 4. The molecule has 1 atom stereocenters. The zero-order valence-corrected chi connectivity index (χ0v) is 9.58. The van der Waals surface area contributed by atoms with E-state index in [0.717, 1.165) is 5.69 Å². The van der Waals surface area contributed by atoms with Gasteiger partial charge < -0.3 is 10.4 Å². The Morgan fingerprint density at radius 1 is 1.65 bits per heavy atom. The molecule has 0 aliphatic heterocycles. The molecule has 2 heterocycles. The van der Waals surface area contributed by atoms with E-state index in [0.29, 0.717) is 11.6 Å². The summed E-state index contributed by atoms with van der Waals surface area (Å²) >= 11 is 0. The van der Waals surface area contributed by atoms with Crippen LogP contribution in [0, 0.1) is 6.92 Å². The molecule has 90 valence electrons. The number of nitrogens with zero attached hydrogens (tertiary/aromatic N) is 4. The van der Waals surface area contributed by atoms with Gasteiger partial charge in [-0.15, -0.1) is 0 Å². The number of hydrogen-bond donors (Lipinski definition) is 2. The third kappa shape index (κ3) is 2.49. The van der Waals surface area contributed by atoms with Gasteiger partial charge in [0.2, 0.25) is 0 Å². The van der Waals surface area contributed by atoms with Crippen molar-refractivity contribution >= 4 is 17.6 Å². The van der Waals surface area contributed by atoms with Gasteiger partial charge in [-0.2, -0.15) is 14.6 Å². The van der Waals surface area contributed by atoms with Crippen LogP contribution in [0.5, 0.6) is 0 Å². The number of nitrogens with one attached hydrogen (secondary N) is 1. The molecule has 0 bridgehead atoms. The summed E-state index contributed by atoms with van der Waals surface area (Å²) in [6, 6.07) is 1.61. The Labute approximate surface area is 97.5 Å². The summed E-state index contributed by atoms with van der Waals surface area (Å²) in [5.41, 5.74) is 0.801. The Kier molecular flexibility index (Phi) is 2.90. The second kappa shape index (κ2) is 4.36. The Hall–Kier alpha value is -2.18. The predicted octanol–water partition coefficient (Wildman–Crippen LogP) is 0.708. The molecule has 0 amide bonds. The third-order valence-electron chi connectivity index (χ3n) is 2.25. The second-order valence-electron chi connectivity index (χ2n) is 3.90. The standard InChI is InChI=1S/C10H13N5O2/c1-6-3-8(13-7(2)4-9(16)17)15-10(14-6)11-5-12-15/h3,5,7,13H,4H2,1-2H3,(H,16,17). The maximum absolute atomic E-state index is 10.6. The Bertz CT molecular complexity index is 551. The number of fused-ring (bicyclic) bond motifs is 1. The SMILES string of the molecule is Cc1cc(NC(C)CC(=O)O)n2ncnc2n1. The van der Waals surface area contributed by atoms with Crippen LogP contribution in [0.2, 0.25) is 0 Å². The molecule has 0 saturated carbocycles. The molecule has 0 spiro atoms. The van der Waals surface area contributed by atoms with Crippen LogP contribution in [-0.2, 0) is 4.79 Å². The fourth-order valence-electron chi connectivity index (χ4n) is 1.60. The van der Waals surface area contributed by atoms with Crippen molar-refractivity contribution in [2.45, 2.75) is 26.3 Å². The average Bonchev–Trinajstić information content (AvgIpc) is 2.63. The van der Waals surface area contributed by atoms with Crippen molar-refractivity contribution in [3.05, 3.63) is 18.1 Å². The van der Waals surface area contributed by atoms with Crippen LogP contribution in [-0.4, -0.2) is 36.7 Å². The van der Waals surface area contributed by atoms with Crippen molar-refractivity contribution < 1.29 is 9.90 Å². The minimum Gasteiger partial charge on any atom is -0.481 e. The number of carbonyl (C=O) groups is 1. The summed E-state index contributed by atoms with van der Waals surface area (Å²) in [6.45, 7) is 3.65. The van der Waals surface area contributed by atoms with Crippen LogP contribution in [0.25, 0.3) is 5.78 Å². The molecular formula is C10H13N5O2. The van der Waals surface area contributed by atoms with Crippen molar-refractivity contribution in [2.75, 3.05) is 5.32 Å². The van der Waals surface area contributed by atoms with E-state index in [1.165, 1.54) is 6.33 Å². The topological polar surface area (TPSA) is 92.4 Å². The smallest absolute Gasteiger partial charge is 0.305 e. The molecule has 0 aromatic carbocycles. The van der Waals surface area contributed by atoms with Gasteiger partial charge in [0.15, 0.2) is 0 Å². The first-order valence-electron chi connectivity index (χ1n) is 5.22. The average molecular weight is 235 g/mol. The van der Waals surface area contributed by atoms with E-state index in [-0.39, 0.29) is 12.5 Å². The molecule has 0 radical (unpaired) electrons. The molecule has 0 aliphatic carbocycles. The van der Waals surface area contributed by atoms with E-state index in [1.54, 1.807) is 17.5 Å². The Balaban J connectivity index is 2.28. The molecule has 0 fully saturated rings. The zero-order valence-electron chi connectivity index (χ0n) is 9.58. The normalized spacial score (nSPS) is 12.6. The zero-order chi connectivity index (χ0) is 12.4. The van der Waals surface area contributed by atoms with Gasteiger partial charge in [-0.25, -0.2) is 4.98 Å². The first kappa shape index (κ1) is 11.3. The van der Waals surface area contributed by atoms with E-state index in [9.17, 15) is 4.79 Å². The number of aromatic nitrogens is 4. The Morgan fingerprint density at radius 3 is 3.12 bits per heavy atom. The lowest BCUT2D eigenvalue weighted by Crippen LogP contribution is -2.21. The molecular weight excluding hydrogens is 222 g/mol. The molecule has 2 rings (SSSR count). The first-order valence-corrected chi connectivity index (χ1v) is 5.22. The van der Waals surface area contributed by atoms with E-state index in [4.69, 9.17) is 5.11 Å². The van der Waals surface area contributed by atoms with E-state index in [2.05, 4.69) is 20.4 Å². The number of carboxylic acids is 1. The molecule has 2 aromatic heterocycles. The van der Waals surface area contributed by atoms with Crippen LogP contribution in [0.1, 0.15) is 19.0 Å². The lowest BCUT2D eigenvalue weighted by Gasteiger charge is -2.13. The van der Waals surface area contributed by atoms with Crippen molar-refractivity contribution in [3.63, 3.8) is 0 Å². The van der Waals surface area contributed by atoms with E-state index in [1.807, 2.05) is 6.92 Å². The summed E-state index contributed by atoms with van der Waals surface area (Å²) < 4.78 is 1.55. The van der Waals surface area contributed by atoms with E-state index < -0.39 is 5.97 Å². The number of anilines is 1. The summed E-state index contributed by atoms with van der Waals surface area (Å²) in [6.07, 6.45) is 1.45. The highest BCUT2D eigenvalue weighted by atomic mass is 16.4. The van der Waals surface area contributed by atoms with Gasteiger partial charge in [0.05, 0.1) is 6.42 Å². The fraction of sp³-hybridized carbons (Fsp3) is 0.400.